The standard InChI is InChI=1S/C11H20N2O2/c1-11(2,3)15-10(14)13-7-8-9(13)5-4-6-12-8/h8-9,12H,4-7H2,1-3H3/t8-,9-/m0/s1. The topological polar surface area (TPSA) is 41.6 Å². The van der Waals surface area contributed by atoms with Crippen molar-refractivity contribution in [2.75, 3.05) is 13.1 Å². The van der Waals surface area contributed by atoms with Crippen LogP contribution in [0.1, 0.15) is 33.6 Å². The minimum absolute atomic E-state index is 0.160. The Bertz CT molecular complexity index is 260. The van der Waals surface area contributed by atoms with Crippen molar-refractivity contribution in [3.8, 4) is 0 Å². The van der Waals surface area contributed by atoms with E-state index in [1.165, 1.54) is 0 Å². The Balaban J connectivity index is 1.88. The van der Waals surface area contributed by atoms with E-state index >= 15 is 0 Å². The zero-order valence-corrected chi connectivity index (χ0v) is 9.75. The van der Waals surface area contributed by atoms with Gasteiger partial charge in [-0.25, -0.2) is 4.79 Å². The molecule has 0 unspecified atom stereocenters. The van der Waals surface area contributed by atoms with Crippen molar-refractivity contribution in [1.29, 1.82) is 0 Å². The number of fused-ring (bicyclic) bond motifs is 1. The van der Waals surface area contributed by atoms with Gasteiger partial charge in [0, 0.05) is 12.6 Å². The van der Waals surface area contributed by atoms with E-state index in [0.717, 1.165) is 25.9 Å². The van der Waals surface area contributed by atoms with Crippen LogP contribution in [0, 0.1) is 0 Å². The van der Waals surface area contributed by atoms with Gasteiger partial charge < -0.3 is 15.0 Å². The van der Waals surface area contributed by atoms with Gasteiger partial charge in [0.1, 0.15) is 5.60 Å². The molecule has 2 heterocycles. The first-order chi connectivity index (χ1) is 6.97. The van der Waals surface area contributed by atoms with Crippen molar-refractivity contribution in [2.24, 2.45) is 0 Å². The van der Waals surface area contributed by atoms with Gasteiger partial charge in [-0.1, -0.05) is 0 Å². The van der Waals surface area contributed by atoms with Gasteiger partial charge in [-0.2, -0.15) is 0 Å². The van der Waals surface area contributed by atoms with Crippen molar-refractivity contribution in [2.45, 2.75) is 51.3 Å². The summed E-state index contributed by atoms with van der Waals surface area (Å²) in [5, 5.41) is 3.42. The van der Waals surface area contributed by atoms with Crippen LogP contribution in [0.3, 0.4) is 0 Å². The van der Waals surface area contributed by atoms with Gasteiger partial charge in [0.2, 0.25) is 0 Å². The molecule has 2 aliphatic rings. The third kappa shape index (κ3) is 2.25. The second-order valence-electron chi connectivity index (χ2n) is 5.40. The highest BCUT2D eigenvalue weighted by Crippen LogP contribution is 2.27. The molecule has 0 spiro atoms. The number of ether oxygens (including phenoxy) is 1. The van der Waals surface area contributed by atoms with Gasteiger partial charge in [-0.05, 0) is 40.2 Å². The SMILES string of the molecule is CC(C)(C)OC(=O)N1C[C@@H]2NCCC[C@@H]21. The fraction of sp³-hybridized carbons (Fsp3) is 0.909. The fourth-order valence-corrected chi connectivity index (χ4v) is 2.23. The van der Waals surface area contributed by atoms with E-state index < -0.39 is 0 Å². The minimum atomic E-state index is -0.385. The van der Waals surface area contributed by atoms with Crippen LogP contribution in [0.4, 0.5) is 4.79 Å². The van der Waals surface area contributed by atoms with Crippen molar-refractivity contribution in [3.05, 3.63) is 0 Å². The number of amides is 1. The summed E-state index contributed by atoms with van der Waals surface area (Å²) in [5.41, 5.74) is -0.385. The van der Waals surface area contributed by atoms with E-state index in [0.29, 0.717) is 12.1 Å². The largest absolute Gasteiger partial charge is 0.444 e. The number of nitrogens with zero attached hydrogens (tertiary/aromatic N) is 1. The molecule has 86 valence electrons. The number of rotatable bonds is 0. The van der Waals surface area contributed by atoms with E-state index in [4.69, 9.17) is 4.74 Å². The van der Waals surface area contributed by atoms with Crippen LogP contribution in [-0.2, 0) is 4.74 Å². The van der Waals surface area contributed by atoms with Crippen LogP contribution in [0.25, 0.3) is 0 Å². The molecule has 2 saturated heterocycles. The maximum Gasteiger partial charge on any atom is 0.410 e. The quantitative estimate of drug-likeness (QED) is 0.659. The summed E-state index contributed by atoms with van der Waals surface area (Å²) in [6.07, 6.45) is 2.10. The smallest absolute Gasteiger partial charge is 0.410 e. The van der Waals surface area contributed by atoms with Crippen molar-refractivity contribution in [1.82, 2.24) is 10.2 Å². The number of hydrogen-bond donors (Lipinski definition) is 1. The molecule has 0 saturated carbocycles. The molecule has 0 radical (unpaired) electrons. The zero-order chi connectivity index (χ0) is 11.1. The lowest BCUT2D eigenvalue weighted by Crippen LogP contribution is -2.69. The maximum absolute atomic E-state index is 11.8. The van der Waals surface area contributed by atoms with Gasteiger partial charge in [-0.15, -0.1) is 0 Å². The average Bonchev–Trinajstić information content (AvgIpc) is 2.03. The van der Waals surface area contributed by atoms with Crippen molar-refractivity contribution < 1.29 is 9.53 Å². The third-order valence-corrected chi connectivity index (χ3v) is 2.97. The summed E-state index contributed by atoms with van der Waals surface area (Å²) in [6, 6.07) is 0.875. The number of hydrogen-bond acceptors (Lipinski definition) is 3. The minimum Gasteiger partial charge on any atom is -0.444 e. The van der Waals surface area contributed by atoms with Gasteiger partial charge >= 0.3 is 6.09 Å². The highest BCUT2D eigenvalue weighted by atomic mass is 16.6. The predicted octanol–water partition coefficient (Wildman–Crippen LogP) is 1.36. The Labute approximate surface area is 91.0 Å². The van der Waals surface area contributed by atoms with Crippen LogP contribution in [-0.4, -0.2) is 41.8 Å². The lowest BCUT2D eigenvalue weighted by molar-refractivity contribution is -0.0268. The van der Waals surface area contributed by atoms with Gasteiger partial charge in [-0.3, -0.25) is 0 Å². The molecule has 2 aliphatic heterocycles. The molecule has 0 aromatic carbocycles. The molecule has 0 bridgehead atoms. The van der Waals surface area contributed by atoms with E-state index in [9.17, 15) is 4.79 Å². The fourth-order valence-electron chi connectivity index (χ4n) is 2.23. The number of piperidine rings is 1. The normalized spacial score (nSPS) is 30.5. The summed E-state index contributed by atoms with van der Waals surface area (Å²) in [6.45, 7) is 7.60. The summed E-state index contributed by atoms with van der Waals surface area (Å²) >= 11 is 0. The summed E-state index contributed by atoms with van der Waals surface area (Å²) in [4.78, 5) is 13.6. The molecular weight excluding hydrogens is 192 g/mol. The van der Waals surface area contributed by atoms with Gasteiger partial charge in [0.25, 0.3) is 0 Å². The molecule has 1 N–H and O–H groups in total. The van der Waals surface area contributed by atoms with E-state index in [1.807, 2.05) is 25.7 Å². The van der Waals surface area contributed by atoms with Crippen LogP contribution in [0.15, 0.2) is 0 Å². The first-order valence-electron chi connectivity index (χ1n) is 5.70. The molecule has 2 atom stereocenters. The Hall–Kier alpha value is -0.770. The number of likely N-dealkylation sites (tertiary alicyclic amines) is 1. The zero-order valence-electron chi connectivity index (χ0n) is 9.75. The molecule has 0 aromatic rings. The lowest BCUT2D eigenvalue weighted by atomic mass is 9.89. The van der Waals surface area contributed by atoms with Gasteiger partial charge in [0.05, 0.1) is 6.04 Å². The second-order valence-corrected chi connectivity index (χ2v) is 5.40. The molecular formula is C11H20N2O2. The summed E-state index contributed by atoms with van der Waals surface area (Å²) in [7, 11) is 0. The Morgan fingerprint density at radius 3 is 2.80 bits per heavy atom. The average molecular weight is 212 g/mol. The molecule has 2 fully saturated rings. The maximum atomic E-state index is 11.8. The molecule has 4 heteroatoms. The highest BCUT2D eigenvalue weighted by Gasteiger charge is 2.44. The lowest BCUT2D eigenvalue weighted by Gasteiger charge is -2.50. The van der Waals surface area contributed by atoms with Crippen LogP contribution < -0.4 is 5.32 Å². The Kier molecular flexibility index (Phi) is 2.63. The van der Waals surface area contributed by atoms with Gasteiger partial charge in [0.15, 0.2) is 0 Å². The van der Waals surface area contributed by atoms with Crippen LogP contribution in [0.2, 0.25) is 0 Å². The van der Waals surface area contributed by atoms with Crippen LogP contribution >= 0.6 is 0 Å². The van der Waals surface area contributed by atoms with E-state index in [2.05, 4.69) is 5.32 Å². The van der Waals surface area contributed by atoms with Crippen LogP contribution in [0.5, 0.6) is 0 Å². The molecule has 0 aromatic heterocycles. The first kappa shape index (κ1) is 10.7. The van der Waals surface area contributed by atoms with Crippen molar-refractivity contribution >= 4 is 6.09 Å². The Morgan fingerprint density at radius 2 is 2.20 bits per heavy atom. The number of carbonyl (C=O) groups excluding carboxylic acids is 1. The summed E-state index contributed by atoms with van der Waals surface area (Å²) in [5.74, 6) is 0. The Morgan fingerprint density at radius 1 is 1.47 bits per heavy atom. The molecule has 0 aliphatic carbocycles. The molecule has 15 heavy (non-hydrogen) atoms. The highest BCUT2D eigenvalue weighted by molar-refractivity contribution is 5.70. The number of carbonyl (C=O) groups is 1. The predicted molar refractivity (Wildman–Crippen MR) is 57.8 cm³/mol. The number of nitrogens with one attached hydrogen (secondary N) is 1. The molecule has 4 nitrogen and oxygen atoms in total. The van der Waals surface area contributed by atoms with Crippen molar-refractivity contribution in [3.63, 3.8) is 0 Å². The third-order valence-electron chi connectivity index (χ3n) is 2.97. The first-order valence-corrected chi connectivity index (χ1v) is 5.70. The molecule has 1 amide bonds. The van der Waals surface area contributed by atoms with E-state index in [1.54, 1.807) is 0 Å². The summed E-state index contributed by atoms with van der Waals surface area (Å²) < 4.78 is 5.35. The van der Waals surface area contributed by atoms with E-state index in [-0.39, 0.29) is 11.7 Å². The second kappa shape index (κ2) is 3.67. The molecule has 2 rings (SSSR count). The monoisotopic (exact) mass is 212 g/mol.